The molecule has 1 aromatic heterocycles. The number of rotatable bonds is 7. The van der Waals surface area contributed by atoms with E-state index in [1.54, 1.807) is 32.2 Å². The molecule has 40 heavy (non-hydrogen) atoms. The van der Waals surface area contributed by atoms with E-state index in [0.29, 0.717) is 44.6 Å². The van der Waals surface area contributed by atoms with Gasteiger partial charge in [0, 0.05) is 50.7 Å². The Morgan fingerprint density at radius 1 is 1.00 bits per heavy atom. The van der Waals surface area contributed by atoms with Crippen LogP contribution in [0.2, 0.25) is 0 Å². The number of carbonyl (C=O) groups excluding carboxylic acids is 1. The normalized spacial score (nSPS) is 17.5. The number of amides is 1. The number of hydrogen-bond donors (Lipinski definition) is 0. The molecule has 0 bridgehead atoms. The number of aryl methyl sites for hydroxylation is 1. The van der Waals surface area contributed by atoms with Crippen LogP contribution in [-0.2, 0) is 14.8 Å². The lowest BCUT2D eigenvalue weighted by Crippen LogP contribution is -2.52. The summed E-state index contributed by atoms with van der Waals surface area (Å²) >= 11 is 0. The number of piperidine rings is 1. The van der Waals surface area contributed by atoms with Gasteiger partial charge in [0.15, 0.2) is 10.7 Å². The minimum Gasteiger partial charge on any atom is -0.495 e. The molecule has 3 heterocycles. The number of carbonyl (C=O) groups is 1. The predicted molar refractivity (Wildman–Crippen MR) is 150 cm³/mol. The number of hydrogen-bond acceptors (Lipinski definition) is 7. The molecule has 9 nitrogen and oxygen atoms in total. The molecule has 212 valence electrons. The van der Waals surface area contributed by atoms with Crippen molar-refractivity contribution >= 4 is 33.8 Å². The highest BCUT2D eigenvalue weighted by Gasteiger charge is 2.37. The van der Waals surface area contributed by atoms with E-state index < -0.39 is 15.8 Å². The zero-order valence-corrected chi connectivity index (χ0v) is 23.4. The van der Waals surface area contributed by atoms with Crippen LogP contribution in [0.3, 0.4) is 0 Å². The number of piperazine rings is 1. The van der Waals surface area contributed by atoms with E-state index in [2.05, 4.69) is 10.1 Å². The molecule has 2 aromatic carbocycles. The van der Waals surface area contributed by atoms with Gasteiger partial charge in [-0.2, -0.15) is 4.31 Å². The third-order valence-electron chi connectivity index (χ3n) is 7.57. The third-order valence-corrected chi connectivity index (χ3v) is 9.63. The Balaban J connectivity index is 1.20. The summed E-state index contributed by atoms with van der Waals surface area (Å²) in [5.74, 6) is 0.281. The largest absolute Gasteiger partial charge is 0.495 e. The van der Waals surface area contributed by atoms with Gasteiger partial charge in [0.2, 0.25) is 15.9 Å². The lowest BCUT2D eigenvalue weighted by molar-refractivity contribution is -0.137. The molecule has 2 aliphatic rings. The number of methoxy groups -OCH3 is 1. The quantitative estimate of drug-likeness (QED) is 0.424. The fourth-order valence-electron chi connectivity index (χ4n) is 5.36. The monoisotopic (exact) mass is 568 g/mol. The number of anilines is 1. The van der Waals surface area contributed by atoms with Crippen LogP contribution in [0, 0.1) is 18.7 Å². The smallest absolute Gasteiger partial charge is 0.248 e. The van der Waals surface area contributed by atoms with E-state index in [0.717, 1.165) is 11.4 Å². The van der Waals surface area contributed by atoms with Crippen molar-refractivity contribution in [3.63, 3.8) is 0 Å². The SMILES string of the molecule is COc1ccccc1N1CCN(C(=O)C2CCN(S(=O)(=O)c3c(C)noc3C=Cc3ccccc3F)CC2)CC1. The molecule has 0 aliphatic carbocycles. The van der Waals surface area contributed by atoms with Crippen molar-refractivity contribution in [1.29, 1.82) is 0 Å². The highest BCUT2D eigenvalue weighted by molar-refractivity contribution is 7.89. The van der Waals surface area contributed by atoms with Crippen molar-refractivity contribution in [1.82, 2.24) is 14.4 Å². The highest BCUT2D eigenvalue weighted by atomic mass is 32.2. The van der Waals surface area contributed by atoms with Crippen LogP contribution in [-0.4, -0.2) is 75.1 Å². The molecule has 11 heteroatoms. The van der Waals surface area contributed by atoms with Crippen LogP contribution in [0.4, 0.5) is 10.1 Å². The summed E-state index contributed by atoms with van der Waals surface area (Å²) in [5.41, 5.74) is 1.56. The minimum absolute atomic E-state index is 0.0303. The van der Waals surface area contributed by atoms with Crippen molar-refractivity contribution in [3.05, 3.63) is 71.4 Å². The number of benzene rings is 2. The molecule has 2 aliphatic heterocycles. The number of sulfonamides is 1. The van der Waals surface area contributed by atoms with Gasteiger partial charge in [-0.1, -0.05) is 35.5 Å². The molecule has 2 fully saturated rings. The first kappa shape index (κ1) is 27.9. The predicted octanol–water partition coefficient (Wildman–Crippen LogP) is 4.05. The maximum absolute atomic E-state index is 14.0. The van der Waals surface area contributed by atoms with Crippen molar-refractivity contribution in [2.75, 3.05) is 51.3 Å². The van der Waals surface area contributed by atoms with E-state index in [1.807, 2.05) is 29.2 Å². The molecule has 0 radical (unpaired) electrons. The van der Waals surface area contributed by atoms with Gasteiger partial charge in [0.25, 0.3) is 0 Å². The van der Waals surface area contributed by atoms with E-state index in [1.165, 1.54) is 22.5 Å². The molecule has 3 aromatic rings. The summed E-state index contributed by atoms with van der Waals surface area (Å²) in [5, 5.41) is 3.86. The molecule has 5 rings (SSSR count). The molecule has 2 saturated heterocycles. The van der Waals surface area contributed by atoms with Crippen LogP contribution < -0.4 is 9.64 Å². The minimum atomic E-state index is -3.92. The van der Waals surface area contributed by atoms with Gasteiger partial charge in [-0.05, 0) is 50.1 Å². The van der Waals surface area contributed by atoms with Crippen LogP contribution in [0.25, 0.3) is 12.2 Å². The molecule has 0 saturated carbocycles. The Bertz CT molecular complexity index is 1490. The molecular formula is C29H33FN4O5S. The first-order chi connectivity index (χ1) is 19.3. The second kappa shape index (κ2) is 11.8. The summed E-state index contributed by atoms with van der Waals surface area (Å²) in [6.45, 7) is 4.63. The number of halogens is 1. The van der Waals surface area contributed by atoms with Crippen LogP contribution in [0.1, 0.15) is 29.9 Å². The summed E-state index contributed by atoms with van der Waals surface area (Å²) in [7, 11) is -2.27. The molecule has 0 N–H and O–H groups in total. The fourth-order valence-corrected chi connectivity index (χ4v) is 7.08. The number of nitrogens with zero attached hydrogens (tertiary/aromatic N) is 4. The van der Waals surface area contributed by atoms with Gasteiger partial charge >= 0.3 is 0 Å². The molecule has 0 spiro atoms. The average molecular weight is 569 g/mol. The van der Waals surface area contributed by atoms with Crippen LogP contribution >= 0.6 is 0 Å². The Labute approximate surface area is 233 Å². The average Bonchev–Trinajstić information content (AvgIpc) is 3.37. The lowest BCUT2D eigenvalue weighted by Gasteiger charge is -2.39. The third kappa shape index (κ3) is 5.62. The van der Waals surface area contributed by atoms with Crippen molar-refractivity contribution in [2.45, 2.75) is 24.7 Å². The number of ether oxygens (including phenoxy) is 1. The molecule has 0 unspecified atom stereocenters. The van der Waals surface area contributed by atoms with E-state index in [4.69, 9.17) is 9.26 Å². The summed E-state index contributed by atoms with van der Waals surface area (Å²) < 4.78 is 53.3. The van der Waals surface area contributed by atoms with Crippen LogP contribution in [0.15, 0.2) is 57.9 Å². The first-order valence-electron chi connectivity index (χ1n) is 13.4. The zero-order valence-electron chi connectivity index (χ0n) is 22.6. The molecular weight excluding hydrogens is 535 g/mol. The van der Waals surface area contributed by atoms with Crippen molar-refractivity contribution < 1.29 is 26.9 Å². The van der Waals surface area contributed by atoms with Crippen molar-refractivity contribution in [2.24, 2.45) is 5.92 Å². The first-order valence-corrected chi connectivity index (χ1v) is 14.8. The second-order valence-electron chi connectivity index (χ2n) is 9.98. The van der Waals surface area contributed by atoms with Gasteiger partial charge < -0.3 is 19.1 Å². The zero-order chi connectivity index (χ0) is 28.3. The second-order valence-corrected chi connectivity index (χ2v) is 11.9. The Kier molecular flexibility index (Phi) is 8.22. The van der Waals surface area contributed by atoms with Gasteiger partial charge in [0.05, 0.1) is 12.8 Å². The van der Waals surface area contributed by atoms with Gasteiger partial charge in [-0.25, -0.2) is 12.8 Å². The van der Waals surface area contributed by atoms with Gasteiger partial charge in [-0.3, -0.25) is 4.79 Å². The van der Waals surface area contributed by atoms with Gasteiger partial charge in [0.1, 0.15) is 17.3 Å². The topological polar surface area (TPSA) is 96.2 Å². The summed E-state index contributed by atoms with van der Waals surface area (Å²) in [6, 6.07) is 14.0. The maximum Gasteiger partial charge on any atom is 0.248 e. The Hall–Kier alpha value is -3.70. The standard InChI is InChI=1S/C29H33FN4O5S/c1-21-28(27(39-31-21)12-11-22-7-3-4-8-24(22)30)40(36,37)34-15-13-23(14-16-34)29(35)33-19-17-32(18-20-33)25-9-5-6-10-26(25)38-2/h3-12,23H,13-20H2,1-2H3. The Morgan fingerprint density at radius 2 is 1.68 bits per heavy atom. The molecule has 1 amide bonds. The number of para-hydroxylation sites is 2. The van der Waals surface area contributed by atoms with E-state index >= 15 is 0 Å². The Morgan fingerprint density at radius 3 is 2.38 bits per heavy atom. The van der Waals surface area contributed by atoms with E-state index in [-0.39, 0.29) is 41.3 Å². The lowest BCUT2D eigenvalue weighted by atomic mass is 9.96. The van der Waals surface area contributed by atoms with Crippen molar-refractivity contribution in [3.8, 4) is 5.75 Å². The van der Waals surface area contributed by atoms with Gasteiger partial charge in [-0.15, -0.1) is 0 Å². The maximum atomic E-state index is 14.0. The fraction of sp³-hybridized carbons (Fsp3) is 0.379. The molecule has 0 atom stereocenters. The van der Waals surface area contributed by atoms with E-state index in [9.17, 15) is 17.6 Å². The summed E-state index contributed by atoms with van der Waals surface area (Å²) in [6.07, 6.45) is 3.77. The summed E-state index contributed by atoms with van der Waals surface area (Å²) in [4.78, 5) is 17.4. The van der Waals surface area contributed by atoms with Crippen LogP contribution in [0.5, 0.6) is 5.75 Å². The highest BCUT2D eigenvalue weighted by Crippen LogP contribution is 2.31. The number of aromatic nitrogens is 1.